The van der Waals surface area contributed by atoms with Gasteiger partial charge < -0.3 is 21.2 Å². The van der Waals surface area contributed by atoms with Crippen molar-refractivity contribution in [1.29, 1.82) is 0 Å². The molecule has 1 fully saturated rings. The molecule has 1 aromatic rings. The summed E-state index contributed by atoms with van der Waals surface area (Å²) in [5.74, 6) is 0.912. The highest BCUT2D eigenvalue weighted by atomic mass is 28.5. The molecule has 0 atom stereocenters. The van der Waals surface area contributed by atoms with E-state index in [9.17, 15) is 0 Å². The monoisotopic (exact) mass is 427 g/mol. The normalized spacial score (nSPS) is 20.6. The standard InChI is InChI=1S/C17H31O5Si4/c1-17(2,3)15-9-11-16(12-10-15)18-13-8-14-26(7)21-24(5)19-23(4)20-25(6)22-26/h9-12H,8,13-14H2,1-7H3. The van der Waals surface area contributed by atoms with E-state index in [1.54, 1.807) is 0 Å². The van der Waals surface area contributed by atoms with Gasteiger partial charge >= 0.3 is 36.4 Å². The van der Waals surface area contributed by atoms with Crippen molar-refractivity contribution in [2.75, 3.05) is 6.61 Å². The maximum atomic E-state index is 6.24. The number of hydrogen-bond donors (Lipinski definition) is 0. The van der Waals surface area contributed by atoms with E-state index in [0.717, 1.165) is 18.2 Å². The SMILES string of the molecule is C[Si]1O[Si](C)O[Si](C)(CCCOc2ccc(C(C)(C)C)cc2)O[Si](C)O1. The Morgan fingerprint density at radius 3 is 1.96 bits per heavy atom. The van der Waals surface area contributed by atoms with Gasteiger partial charge in [0.1, 0.15) is 5.75 Å². The van der Waals surface area contributed by atoms with Crippen molar-refractivity contribution in [2.24, 2.45) is 0 Å². The number of benzene rings is 1. The molecule has 0 saturated carbocycles. The topological polar surface area (TPSA) is 46.2 Å². The summed E-state index contributed by atoms with van der Waals surface area (Å²) in [5.41, 5.74) is 1.47. The number of ether oxygens (including phenoxy) is 1. The van der Waals surface area contributed by atoms with Crippen LogP contribution in [0.3, 0.4) is 0 Å². The molecule has 1 aromatic carbocycles. The van der Waals surface area contributed by atoms with Crippen LogP contribution in [0.4, 0.5) is 0 Å². The Morgan fingerprint density at radius 1 is 0.923 bits per heavy atom. The van der Waals surface area contributed by atoms with E-state index in [2.05, 4.69) is 51.6 Å². The summed E-state index contributed by atoms with van der Waals surface area (Å²) in [6.07, 6.45) is 0.901. The highest BCUT2D eigenvalue weighted by Gasteiger charge is 2.40. The second-order valence-corrected chi connectivity index (χ2v) is 16.7. The second kappa shape index (κ2) is 9.28. The molecule has 1 saturated heterocycles. The molecule has 1 heterocycles. The summed E-state index contributed by atoms with van der Waals surface area (Å²) in [7, 11) is -6.11. The van der Waals surface area contributed by atoms with Crippen LogP contribution in [0.2, 0.25) is 32.2 Å². The van der Waals surface area contributed by atoms with E-state index in [1.165, 1.54) is 5.56 Å². The summed E-state index contributed by atoms with van der Waals surface area (Å²) >= 11 is 0. The van der Waals surface area contributed by atoms with Crippen molar-refractivity contribution in [1.82, 2.24) is 0 Å². The summed E-state index contributed by atoms with van der Waals surface area (Å²) < 4.78 is 30.1. The van der Waals surface area contributed by atoms with Crippen LogP contribution in [0.25, 0.3) is 0 Å². The minimum atomic E-state index is -2.27. The average Bonchev–Trinajstić information content (AvgIpc) is 2.49. The van der Waals surface area contributed by atoms with E-state index < -0.39 is 36.4 Å². The van der Waals surface area contributed by atoms with Gasteiger partial charge in [0.05, 0.1) is 6.61 Å². The van der Waals surface area contributed by atoms with E-state index in [4.69, 9.17) is 21.2 Å². The predicted molar refractivity (Wildman–Crippen MR) is 111 cm³/mol. The van der Waals surface area contributed by atoms with Crippen LogP contribution in [-0.2, 0) is 21.9 Å². The van der Waals surface area contributed by atoms with Crippen molar-refractivity contribution < 1.29 is 21.2 Å². The van der Waals surface area contributed by atoms with Crippen LogP contribution in [0.5, 0.6) is 5.75 Å². The molecule has 0 aliphatic carbocycles. The molecule has 26 heavy (non-hydrogen) atoms. The second-order valence-electron chi connectivity index (χ2n) is 7.74. The average molecular weight is 428 g/mol. The van der Waals surface area contributed by atoms with E-state index in [-0.39, 0.29) is 5.41 Å². The molecule has 0 aromatic heterocycles. The largest absolute Gasteiger partial charge is 0.494 e. The molecule has 2 rings (SSSR count). The van der Waals surface area contributed by atoms with Crippen molar-refractivity contribution in [2.45, 2.75) is 64.8 Å². The fraction of sp³-hybridized carbons (Fsp3) is 0.647. The van der Waals surface area contributed by atoms with E-state index >= 15 is 0 Å². The highest BCUT2D eigenvalue weighted by Crippen LogP contribution is 2.25. The van der Waals surface area contributed by atoms with Crippen LogP contribution in [0.15, 0.2) is 24.3 Å². The lowest BCUT2D eigenvalue weighted by Gasteiger charge is -2.35. The number of rotatable bonds is 5. The summed E-state index contributed by atoms with van der Waals surface area (Å²) in [6.45, 7) is 15.5. The lowest BCUT2D eigenvalue weighted by molar-refractivity contribution is 0.266. The van der Waals surface area contributed by atoms with Gasteiger partial charge in [-0.05, 0) is 61.8 Å². The lowest BCUT2D eigenvalue weighted by atomic mass is 9.87. The molecule has 0 N–H and O–H groups in total. The van der Waals surface area contributed by atoms with Crippen LogP contribution >= 0.6 is 0 Å². The first-order valence-corrected chi connectivity index (χ1v) is 17.0. The molecule has 145 valence electrons. The molecule has 9 heteroatoms. The predicted octanol–water partition coefficient (Wildman–Crippen LogP) is 4.26. The number of hydrogen-bond acceptors (Lipinski definition) is 5. The third-order valence-electron chi connectivity index (χ3n) is 4.06. The van der Waals surface area contributed by atoms with Crippen LogP contribution < -0.4 is 4.74 Å². The summed E-state index contributed by atoms with van der Waals surface area (Å²) in [6, 6.07) is 9.27. The molecular weight excluding hydrogens is 397 g/mol. The fourth-order valence-electron chi connectivity index (χ4n) is 2.83. The molecule has 0 spiro atoms. The van der Waals surface area contributed by atoms with Gasteiger partial charge in [-0.25, -0.2) is 0 Å². The van der Waals surface area contributed by atoms with E-state index in [0.29, 0.717) is 6.61 Å². The van der Waals surface area contributed by atoms with Gasteiger partial charge in [0.25, 0.3) is 0 Å². The lowest BCUT2D eigenvalue weighted by Crippen LogP contribution is -2.53. The van der Waals surface area contributed by atoms with Crippen molar-refractivity contribution in [3.63, 3.8) is 0 Å². The van der Waals surface area contributed by atoms with Gasteiger partial charge in [-0.15, -0.1) is 0 Å². The van der Waals surface area contributed by atoms with Gasteiger partial charge in [-0.3, -0.25) is 0 Å². The molecule has 1 aliphatic heterocycles. The molecule has 0 unspecified atom stereocenters. The van der Waals surface area contributed by atoms with Gasteiger partial charge in [0.2, 0.25) is 0 Å². The Morgan fingerprint density at radius 2 is 1.46 bits per heavy atom. The first-order chi connectivity index (χ1) is 12.1. The highest BCUT2D eigenvalue weighted by molar-refractivity contribution is 6.81. The van der Waals surface area contributed by atoms with Crippen LogP contribution in [0.1, 0.15) is 32.8 Å². The zero-order valence-electron chi connectivity index (χ0n) is 17.0. The molecule has 1 aliphatic rings. The molecular formula is C17H31O5Si4. The Bertz CT molecular complexity index is 549. The van der Waals surface area contributed by atoms with E-state index in [1.807, 2.05) is 19.6 Å². The molecule has 5 nitrogen and oxygen atoms in total. The first-order valence-electron chi connectivity index (χ1n) is 9.05. The quantitative estimate of drug-likeness (QED) is 0.519. The van der Waals surface area contributed by atoms with Gasteiger partial charge in [0, 0.05) is 0 Å². The molecule has 3 radical (unpaired) electrons. The van der Waals surface area contributed by atoms with Crippen molar-refractivity contribution in [3.05, 3.63) is 29.8 Å². The van der Waals surface area contributed by atoms with Gasteiger partial charge in [-0.2, -0.15) is 0 Å². The van der Waals surface area contributed by atoms with Crippen LogP contribution in [0, 0.1) is 0 Å². The fourth-order valence-corrected chi connectivity index (χ4v) is 14.7. The zero-order valence-corrected chi connectivity index (χ0v) is 21.0. The maximum absolute atomic E-state index is 6.24. The minimum Gasteiger partial charge on any atom is -0.494 e. The smallest absolute Gasteiger partial charge is 0.362 e. The van der Waals surface area contributed by atoms with Crippen molar-refractivity contribution in [3.8, 4) is 5.75 Å². The third kappa shape index (κ3) is 7.04. The Balaban J connectivity index is 1.82. The summed E-state index contributed by atoms with van der Waals surface area (Å²) in [4.78, 5) is 0. The molecule has 0 bridgehead atoms. The Kier molecular flexibility index (Phi) is 7.86. The van der Waals surface area contributed by atoms with Crippen molar-refractivity contribution >= 4 is 36.4 Å². The summed E-state index contributed by atoms with van der Waals surface area (Å²) in [5, 5.41) is 0. The Hall–Kier alpha value is -0.272. The minimum absolute atomic E-state index is 0.161. The Labute approximate surface area is 164 Å². The maximum Gasteiger partial charge on any atom is 0.362 e. The van der Waals surface area contributed by atoms with Crippen LogP contribution in [-0.4, -0.2) is 43.0 Å². The molecule has 0 amide bonds. The van der Waals surface area contributed by atoms with Gasteiger partial charge in [-0.1, -0.05) is 32.9 Å². The first kappa shape index (κ1) is 22.0. The third-order valence-corrected chi connectivity index (χ3v) is 15.7. The zero-order chi connectivity index (χ0) is 19.4. The van der Waals surface area contributed by atoms with Gasteiger partial charge in [0.15, 0.2) is 0 Å².